The highest BCUT2D eigenvalue weighted by molar-refractivity contribution is 5.84. The van der Waals surface area contributed by atoms with Crippen molar-refractivity contribution in [1.82, 2.24) is 0 Å². The topological polar surface area (TPSA) is 38.3 Å². The summed E-state index contributed by atoms with van der Waals surface area (Å²) >= 11 is 0. The summed E-state index contributed by atoms with van der Waals surface area (Å²) < 4.78 is 4.73. The second-order valence-electron chi connectivity index (χ2n) is 2.38. The molecule has 0 aliphatic carbocycles. The van der Waals surface area contributed by atoms with Gasteiger partial charge in [-0.3, -0.25) is 5.32 Å². The van der Waals surface area contributed by atoms with Gasteiger partial charge in [-0.1, -0.05) is 30.9 Å². The minimum Gasteiger partial charge on any atom is -0.445 e. The molecule has 1 aromatic rings. The minimum absolute atomic E-state index is 0.221. The van der Waals surface area contributed by atoms with Gasteiger partial charge < -0.3 is 4.74 Å². The summed E-state index contributed by atoms with van der Waals surface area (Å²) in [4.78, 5) is 11.0. The van der Waals surface area contributed by atoms with Crippen molar-refractivity contribution in [3.05, 3.63) is 43.0 Å². The van der Waals surface area contributed by atoms with E-state index in [0.717, 1.165) is 5.69 Å². The Labute approximate surface area is 77.0 Å². The number of hydrogen-bond acceptors (Lipinski definition) is 2. The van der Waals surface area contributed by atoms with Crippen molar-refractivity contribution in [2.75, 3.05) is 11.9 Å². The lowest BCUT2D eigenvalue weighted by molar-refractivity contribution is 0.174. The van der Waals surface area contributed by atoms with E-state index in [1.165, 1.54) is 6.08 Å². The number of nitrogens with one attached hydrogen (secondary N) is 1. The van der Waals surface area contributed by atoms with Crippen LogP contribution in [-0.2, 0) is 4.74 Å². The molecule has 1 N–H and O–H groups in total. The predicted molar refractivity (Wildman–Crippen MR) is 51.6 cm³/mol. The molecule has 3 nitrogen and oxygen atoms in total. The van der Waals surface area contributed by atoms with Crippen LogP contribution in [0.4, 0.5) is 10.5 Å². The lowest BCUT2D eigenvalue weighted by Gasteiger charge is -2.03. The molecule has 0 bridgehead atoms. The molecule has 0 saturated carbocycles. The molecule has 0 atom stereocenters. The molecule has 0 heterocycles. The van der Waals surface area contributed by atoms with Gasteiger partial charge in [-0.05, 0) is 12.1 Å². The van der Waals surface area contributed by atoms with Crippen molar-refractivity contribution < 1.29 is 9.53 Å². The van der Waals surface area contributed by atoms with Crippen LogP contribution in [0.15, 0.2) is 43.0 Å². The van der Waals surface area contributed by atoms with Gasteiger partial charge in [-0.25, -0.2) is 4.79 Å². The fourth-order valence-electron chi connectivity index (χ4n) is 0.810. The van der Waals surface area contributed by atoms with E-state index in [1.54, 1.807) is 12.1 Å². The van der Waals surface area contributed by atoms with Gasteiger partial charge in [0.15, 0.2) is 0 Å². The van der Waals surface area contributed by atoms with Crippen molar-refractivity contribution in [2.45, 2.75) is 0 Å². The number of carbonyl (C=O) groups is 1. The molecule has 1 aromatic carbocycles. The third-order valence-electron chi connectivity index (χ3n) is 1.35. The molecule has 68 valence electrons. The smallest absolute Gasteiger partial charge is 0.411 e. The summed E-state index contributed by atoms with van der Waals surface area (Å²) in [5, 5.41) is 2.57. The number of hydrogen-bond donors (Lipinski definition) is 1. The Morgan fingerprint density at radius 1 is 1.46 bits per heavy atom. The lowest BCUT2D eigenvalue weighted by atomic mass is 10.3. The number of benzene rings is 1. The van der Waals surface area contributed by atoms with Gasteiger partial charge >= 0.3 is 6.09 Å². The summed E-state index contributed by atoms with van der Waals surface area (Å²) in [5.41, 5.74) is 0.719. The van der Waals surface area contributed by atoms with E-state index >= 15 is 0 Å². The van der Waals surface area contributed by atoms with Crippen LogP contribution in [0.1, 0.15) is 0 Å². The van der Waals surface area contributed by atoms with Crippen molar-refractivity contribution in [2.24, 2.45) is 0 Å². The van der Waals surface area contributed by atoms with E-state index < -0.39 is 6.09 Å². The average molecular weight is 177 g/mol. The van der Waals surface area contributed by atoms with Gasteiger partial charge in [-0.2, -0.15) is 0 Å². The lowest BCUT2D eigenvalue weighted by Crippen LogP contribution is -2.13. The standard InChI is InChI=1S/C10H11NO2/c1-2-8-13-10(12)11-9-6-4-3-5-7-9/h2-7H,1,8H2,(H,11,12). The summed E-state index contributed by atoms with van der Waals surface area (Å²) in [6.45, 7) is 3.66. The second-order valence-corrected chi connectivity index (χ2v) is 2.38. The molecule has 0 aromatic heterocycles. The SMILES string of the molecule is C=CCOC(=O)Nc1ccccc1. The average Bonchev–Trinajstić information content (AvgIpc) is 2.16. The normalized spacial score (nSPS) is 8.92. The Kier molecular flexibility index (Phi) is 3.57. The van der Waals surface area contributed by atoms with Crippen molar-refractivity contribution >= 4 is 11.8 Å². The Morgan fingerprint density at radius 2 is 2.15 bits per heavy atom. The first-order valence-corrected chi connectivity index (χ1v) is 3.92. The van der Waals surface area contributed by atoms with Crippen LogP contribution < -0.4 is 5.32 Å². The third-order valence-corrected chi connectivity index (χ3v) is 1.35. The number of amides is 1. The number of anilines is 1. The predicted octanol–water partition coefficient (Wildman–Crippen LogP) is 2.42. The maximum absolute atomic E-state index is 11.0. The molecule has 1 amide bonds. The first kappa shape index (κ1) is 9.32. The van der Waals surface area contributed by atoms with Gasteiger partial charge in [0.25, 0.3) is 0 Å². The first-order chi connectivity index (χ1) is 6.33. The maximum Gasteiger partial charge on any atom is 0.411 e. The number of para-hydroxylation sites is 1. The summed E-state index contributed by atoms with van der Waals surface area (Å²) in [6.07, 6.45) is 1.05. The molecule has 0 fully saturated rings. The van der Waals surface area contributed by atoms with Crippen LogP contribution in [-0.4, -0.2) is 12.7 Å². The second kappa shape index (κ2) is 4.98. The number of rotatable bonds is 3. The van der Waals surface area contributed by atoms with Crippen molar-refractivity contribution in [1.29, 1.82) is 0 Å². The Morgan fingerprint density at radius 3 is 2.77 bits per heavy atom. The third kappa shape index (κ3) is 3.42. The van der Waals surface area contributed by atoms with Gasteiger partial charge in [0.05, 0.1) is 0 Å². The highest BCUT2D eigenvalue weighted by atomic mass is 16.5. The highest BCUT2D eigenvalue weighted by Gasteiger charge is 1.99. The van der Waals surface area contributed by atoms with Crippen LogP contribution in [0.25, 0.3) is 0 Å². The molecule has 0 aliphatic heterocycles. The molecule has 0 unspecified atom stereocenters. The molecule has 0 saturated heterocycles. The van der Waals surface area contributed by atoms with E-state index in [-0.39, 0.29) is 6.61 Å². The van der Waals surface area contributed by atoms with E-state index in [9.17, 15) is 4.79 Å². The molecule has 0 aliphatic rings. The van der Waals surface area contributed by atoms with Gasteiger partial charge in [0.2, 0.25) is 0 Å². The van der Waals surface area contributed by atoms with E-state index in [1.807, 2.05) is 18.2 Å². The quantitative estimate of drug-likeness (QED) is 0.720. The minimum atomic E-state index is -0.467. The van der Waals surface area contributed by atoms with Crippen molar-refractivity contribution in [3.8, 4) is 0 Å². The molecule has 0 radical (unpaired) electrons. The summed E-state index contributed by atoms with van der Waals surface area (Å²) in [7, 11) is 0. The van der Waals surface area contributed by atoms with E-state index in [0.29, 0.717) is 0 Å². The van der Waals surface area contributed by atoms with Crippen LogP contribution in [0.2, 0.25) is 0 Å². The van der Waals surface area contributed by atoms with Gasteiger partial charge in [-0.15, -0.1) is 0 Å². The summed E-state index contributed by atoms with van der Waals surface area (Å²) in [6, 6.07) is 9.12. The molecular weight excluding hydrogens is 166 g/mol. The van der Waals surface area contributed by atoms with E-state index in [4.69, 9.17) is 4.74 Å². The Bertz CT molecular complexity index is 282. The molecular formula is C10H11NO2. The Balaban J connectivity index is 2.41. The molecule has 13 heavy (non-hydrogen) atoms. The number of ether oxygens (including phenoxy) is 1. The molecule has 1 rings (SSSR count). The zero-order valence-corrected chi connectivity index (χ0v) is 7.19. The van der Waals surface area contributed by atoms with Crippen molar-refractivity contribution in [3.63, 3.8) is 0 Å². The monoisotopic (exact) mass is 177 g/mol. The summed E-state index contributed by atoms with van der Waals surface area (Å²) in [5.74, 6) is 0. The van der Waals surface area contributed by atoms with Crippen LogP contribution in [0.5, 0.6) is 0 Å². The van der Waals surface area contributed by atoms with Gasteiger partial charge in [0, 0.05) is 5.69 Å². The maximum atomic E-state index is 11.0. The van der Waals surface area contributed by atoms with Gasteiger partial charge in [0.1, 0.15) is 6.61 Å². The zero-order valence-electron chi connectivity index (χ0n) is 7.19. The fraction of sp³-hybridized carbons (Fsp3) is 0.100. The van der Waals surface area contributed by atoms with Crippen LogP contribution in [0.3, 0.4) is 0 Å². The fourth-order valence-corrected chi connectivity index (χ4v) is 0.810. The zero-order chi connectivity index (χ0) is 9.52. The van der Waals surface area contributed by atoms with Crippen LogP contribution in [0, 0.1) is 0 Å². The van der Waals surface area contributed by atoms with E-state index in [2.05, 4.69) is 11.9 Å². The first-order valence-electron chi connectivity index (χ1n) is 3.92. The molecule has 0 spiro atoms. The number of carbonyl (C=O) groups excluding carboxylic acids is 1. The molecule has 3 heteroatoms. The largest absolute Gasteiger partial charge is 0.445 e. The highest BCUT2D eigenvalue weighted by Crippen LogP contribution is 2.04. The Hall–Kier alpha value is -1.77. The van der Waals surface area contributed by atoms with Crippen LogP contribution >= 0.6 is 0 Å².